The van der Waals surface area contributed by atoms with Crippen molar-refractivity contribution in [3.63, 3.8) is 0 Å². The number of aromatic amines is 1. The monoisotopic (exact) mass is 364 g/mol. The molecule has 0 aliphatic heterocycles. The number of hydrogen-bond acceptors (Lipinski definition) is 6. The first-order valence-corrected chi connectivity index (χ1v) is 8.56. The van der Waals surface area contributed by atoms with Gasteiger partial charge in [-0.25, -0.2) is 9.78 Å². The smallest absolute Gasteiger partial charge is 0.329 e. The zero-order valence-corrected chi connectivity index (χ0v) is 15.0. The summed E-state index contributed by atoms with van der Waals surface area (Å²) in [5.74, 6) is -0.330. The minimum absolute atomic E-state index is 0.216. The molecule has 1 amide bonds. The van der Waals surface area contributed by atoms with Gasteiger partial charge in [-0.2, -0.15) is 0 Å². The van der Waals surface area contributed by atoms with Crippen molar-refractivity contribution < 1.29 is 14.3 Å². The summed E-state index contributed by atoms with van der Waals surface area (Å²) in [7, 11) is 1.61. The molecule has 26 heavy (non-hydrogen) atoms. The van der Waals surface area contributed by atoms with E-state index in [0.717, 1.165) is 6.42 Å². The van der Waals surface area contributed by atoms with Gasteiger partial charge in [-0.3, -0.25) is 19.1 Å². The summed E-state index contributed by atoms with van der Waals surface area (Å²) < 4.78 is 11.6. The predicted molar refractivity (Wildman–Crippen MR) is 96.6 cm³/mol. The predicted octanol–water partition coefficient (Wildman–Crippen LogP) is 0.278. The van der Waals surface area contributed by atoms with Gasteiger partial charge in [-0.05, 0) is 18.9 Å². The van der Waals surface area contributed by atoms with Crippen molar-refractivity contribution in [2.24, 2.45) is 0 Å². The van der Waals surface area contributed by atoms with Gasteiger partial charge in [0.1, 0.15) is 5.65 Å². The van der Waals surface area contributed by atoms with Crippen LogP contribution in [0.1, 0.15) is 30.1 Å². The van der Waals surface area contributed by atoms with Crippen LogP contribution in [0.4, 0.5) is 0 Å². The van der Waals surface area contributed by atoms with E-state index in [9.17, 15) is 14.4 Å². The highest BCUT2D eigenvalue weighted by Crippen LogP contribution is 2.08. The molecule has 2 N–H and O–H groups in total. The number of fused-ring (bicyclic) bond motifs is 1. The van der Waals surface area contributed by atoms with Crippen LogP contribution in [0, 0.1) is 0 Å². The number of nitrogens with zero attached hydrogens (tertiary/aromatic N) is 2. The van der Waals surface area contributed by atoms with Crippen molar-refractivity contribution >= 4 is 16.9 Å². The molecule has 0 aliphatic rings. The number of pyridine rings is 1. The summed E-state index contributed by atoms with van der Waals surface area (Å²) in [6.07, 6.45) is 2.75. The molecule has 2 aromatic rings. The van der Waals surface area contributed by atoms with Crippen molar-refractivity contribution in [3.05, 3.63) is 38.7 Å². The molecule has 0 radical (unpaired) electrons. The lowest BCUT2D eigenvalue weighted by Gasteiger charge is -2.09. The lowest BCUT2D eigenvalue weighted by atomic mass is 10.2. The zero-order valence-electron chi connectivity index (χ0n) is 15.0. The third-order valence-corrected chi connectivity index (χ3v) is 3.72. The van der Waals surface area contributed by atoms with E-state index < -0.39 is 11.2 Å². The molecule has 0 saturated heterocycles. The van der Waals surface area contributed by atoms with Crippen LogP contribution in [-0.2, 0) is 16.0 Å². The highest BCUT2D eigenvalue weighted by Gasteiger charge is 2.12. The third-order valence-electron chi connectivity index (χ3n) is 3.72. The minimum atomic E-state index is -0.550. The van der Waals surface area contributed by atoms with Crippen LogP contribution in [0.25, 0.3) is 11.0 Å². The SMILES string of the molecule is CCCn1c(=O)[nH]c(=O)c2cc(C(=O)NCCCOCCOC)cnc21. The number of amides is 1. The summed E-state index contributed by atoms with van der Waals surface area (Å²) in [5, 5.41) is 2.97. The van der Waals surface area contributed by atoms with Crippen LogP contribution in [0.5, 0.6) is 0 Å². The number of methoxy groups -OCH3 is 1. The number of carbonyl (C=O) groups excluding carboxylic acids is 1. The quantitative estimate of drug-likeness (QED) is 0.585. The van der Waals surface area contributed by atoms with E-state index in [-0.39, 0.29) is 22.5 Å². The first kappa shape index (κ1) is 19.8. The summed E-state index contributed by atoms with van der Waals surface area (Å²) in [6.45, 7) is 4.37. The number of aromatic nitrogens is 3. The van der Waals surface area contributed by atoms with E-state index in [1.54, 1.807) is 7.11 Å². The molecule has 0 atom stereocenters. The van der Waals surface area contributed by atoms with E-state index in [2.05, 4.69) is 15.3 Å². The van der Waals surface area contributed by atoms with Crippen molar-refractivity contribution in [2.45, 2.75) is 26.3 Å². The van der Waals surface area contributed by atoms with Crippen LogP contribution < -0.4 is 16.6 Å². The van der Waals surface area contributed by atoms with Gasteiger partial charge in [0.15, 0.2) is 0 Å². The average molecular weight is 364 g/mol. The molecule has 9 nitrogen and oxygen atoms in total. The van der Waals surface area contributed by atoms with Crippen LogP contribution >= 0.6 is 0 Å². The van der Waals surface area contributed by atoms with Gasteiger partial charge in [0.05, 0.1) is 24.2 Å². The first-order valence-electron chi connectivity index (χ1n) is 8.56. The van der Waals surface area contributed by atoms with Gasteiger partial charge < -0.3 is 14.8 Å². The number of H-pyrrole nitrogens is 1. The topological polar surface area (TPSA) is 115 Å². The van der Waals surface area contributed by atoms with Gasteiger partial charge >= 0.3 is 5.69 Å². The maximum absolute atomic E-state index is 12.2. The van der Waals surface area contributed by atoms with Crippen molar-refractivity contribution in [1.82, 2.24) is 19.9 Å². The van der Waals surface area contributed by atoms with Crippen LogP contribution in [0.3, 0.4) is 0 Å². The number of nitrogens with one attached hydrogen (secondary N) is 2. The molecule has 9 heteroatoms. The van der Waals surface area contributed by atoms with Gasteiger partial charge in [-0.1, -0.05) is 6.92 Å². The molecule has 0 spiro atoms. The molecule has 0 unspecified atom stereocenters. The lowest BCUT2D eigenvalue weighted by Crippen LogP contribution is -2.31. The molecule has 0 bridgehead atoms. The Morgan fingerprint density at radius 1 is 1.31 bits per heavy atom. The highest BCUT2D eigenvalue weighted by atomic mass is 16.5. The Morgan fingerprint density at radius 2 is 2.12 bits per heavy atom. The normalized spacial score (nSPS) is 11.0. The molecule has 2 aromatic heterocycles. The lowest BCUT2D eigenvalue weighted by molar-refractivity contribution is 0.0688. The summed E-state index contributed by atoms with van der Waals surface area (Å²) in [5.41, 5.74) is -0.498. The number of ether oxygens (including phenoxy) is 2. The minimum Gasteiger partial charge on any atom is -0.382 e. The standard InChI is InChI=1S/C17H24N4O5/c1-3-6-21-14-13(16(23)20-17(21)24)10-12(11-19-14)15(22)18-5-4-7-26-9-8-25-2/h10-11H,3-9H2,1-2H3,(H,18,22)(H,20,23,24). The van der Waals surface area contributed by atoms with Crippen molar-refractivity contribution in [3.8, 4) is 0 Å². The fourth-order valence-electron chi connectivity index (χ4n) is 2.45. The van der Waals surface area contributed by atoms with E-state index in [4.69, 9.17) is 9.47 Å². The molecule has 2 heterocycles. The number of rotatable bonds is 10. The maximum Gasteiger partial charge on any atom is 0.329 e. The second-order valence-electron chi connectivity index (χ2n) is 5.72. The Hall–Kier alpha value is -2.52. The number of hydrogen-bond donors (Lipinski definition) is 2. The third kappa shape index (κ3) is 4.99. The van der Waals surface area contributed by atoms with Crippen LogP contribution in [0.15, 0.2) is 21.9 Å². The Morgan fingerprint density at radius 3 is 2.85 bits per heavy atom. The number of carbonyl (C=O) groups is 1. The number of aryl methyl sites for hydroxylation is 1. The summed E-state index contributed by atoms with van der Waals surface area (Å²) in [4.78, 5) is 42.6. The highest BCUT2D eigenvalue weighted by molar-refractivity contribution is 5.96. The van der Waals surface area contributed by atoms with E-state index in [0.29, 0.717) is 39.3 Å². The Labute approximate surface area is 150 Å². The van der Waals surface area contributed by atoms with Gasteiger partial charge in [-0.15, -0.1) is 0 Å². The summed E-state index contributed by atoms with van der Waals surface area (Å²) in [6, 6.07) is 1.46. The van der Waals surface area contributed by atoms with E-state index in [1.165, 1.54) is 16.8 Å². The van der Waals surface area contributed by atoms with Gasteiger partial charge in [0.25, 0.3) is 11.5 Å². The fraction of sp³-hybridized carbons (Fsp3) is 0.529. The van der Waals surface area contributed by atoms with E-state index >= 15 is 0 Å². The van der Waals surface area contributed by atoms with Gasteiger partial charge in [0.2, 0.25) is 0 Å². The second kappa shape index (κ2) is 9.83. The van der Waals surface area contributed by atoms with Crippen molar-refractivity contribution in [2.75, 3.05) is 33.5 Å². The molecule has 0 fully saturated rings. The Balaban J connectivity index is 2.05. The molecule has 0 saturated carbocycles. The molecular weight excluding hydrogens is 340 g/mol. The fourth-order valence-corrected chi connectivity index (χ4v) is 2.45. The molecule has 0 aromatic carbocycles. The van der Waals surface area contributed by atoms with E-state index in [1.807, 2.05) is 6.92 Å². The largest absolute Gasteiger partial charge is 0.382 e. The van der Waals surface area contributed by atoms with Crippen LogP contribution in [0.2, 0.25) is 0 Å². The van der Waals surface area contributed by atoms with Crippen LogP contribution in [-0.4, -0.2) is 53.9 Å². The zero-order chi connectivity index (χ0) is 18.9. The average Bonchev–Trinajstić information content (AvgIpc) is 2.64. The second-order valence-corrected chi connectivity index (χ2v) is 5.72. The molecular formula is C17H24N4O5. The molecule has 0 aliphatic carbocycles. The van der Waals surface area contributed by atoms with Crippen molar-refractivity contribution in [1.29, 1.82) is 0 Å². The Bertz CT molecular complexity index is 858. The molecule has 2 rings (SSSR count). The molecule has 142 valence electrons. The summed E-state index contributed by atoms with van der Waals surface area (Å²) >= 11 is 0. The maximum atomic E-state index is 12.2. The Kier molecular flexibility index (Phi) is 7.49. The van der Waals surface area contributed by atoms with Gasteiger partial charge in [0, 0.05) is 33.0 Å². The first-order chi connectivity index (χ1) is 12.6.